The van der Waals surface area contributed by atoms with Gasteiger partial charge in [-0.3, -0.25) is 9.59 Å². The summed E-state index contributed by atoms with van der Waals surface area (Å²) in [5.74, 6) is -0.0478. The predicted octanol–water partition coefficient (Wildman–Crippen LogP) is 4.81. The van der Waals surface area contributed by atoms with Crippen LogP contribution in [0.5, 0.6) is 11.5 Å². The Hall–Kier alpha value is -4.57. The summed E-state index contributed by atoms with van der Waals surface area (Å²) in [5.41, 5.74) is 3.26. The number of anilines is 1. The van der Waals surface area contributed by atoms with E-state index in [1.165, 1.54) is 13.2 Å². The van der Waals surface area contributed by atoms with Gasteiger partial charge in [0, 0.05) is 5.69 Å². The molecular formula is C28H27N3O4. The van der Waals surface area contributed by atoms with Crippen molar-refractivity contribution < 1.29 is 19.1 Å². The minimum absolute atomic E-state index is 0.0408. The molecule has 0 radical (unpaired) electrons. The Balaban J connectivity index is 1.65. The summed E-state index contributed by atoms with van der Waals surface area (Å²) in [5, 5.41) is 15.1. The molecule has 7 nitrogen and oxygen atoms in total. The first kappa shape index (κ1) is 25.1. The molecule has 0 heterocycles. The van der Waals surface area contributed by atoms with Crippen LogP contribution in [0.4, 0.5) is 5.69 Å². The lowest BCUT2D eigenvalue weighted by Gasteiger charge is -2.14. The number of methoxy groups -OCH3 is 1. The van der Waals surface area contributed by atoms with Crippen LogP contribution in [0.25, 0.3) is 6.08 Å². The second-order valence-corrected chi connectivity index (χ2v) is 7.89. The van der Waals surface area contributed by atoms with Crippen LogP contribution in [0.2, 0.25) is 0 Å². The van der Waals surface area contributed by atoms with Crippen LogP contribution in [0, 0.1) is 18.3 Å². The molecule has 0 aliphatic carbocycles. The van der Waals surface area contributed by atoms with Crippen LogP contribution in [0.3, 0.4) is 0 Å². The third-order valence-electron chi connectivity index (χ3n) is 5.21. The summed E-state index contributed by atoms with van der Waals surface area (Å²) in [6.45, 7) is 3.62. The molecule has 3 aromatic carbocycles. The van der Waals surface area contributed by atoms with Gasteiger partial charge in [0.1, 0.15) is 11.6 Å². The number of ether oxygens (including phenoxy) is 2. The van der Waals surface area contributed by atoms with Gasteiger partial charge in [-0.15, -0.1) is 0 Å². The topological polar surface area (TPSA) is 100 Å². The number of nitrogens with zero attached hydrogens (tertiary/aromatic N) is 1. The molecule has 0 fully saturated rings. The average molecular weight is 470 g/mol. The molecule has 0 bridgehead atoms. The van der Waals surface area contributed by atoms with Crippen LogP contribution in [-0.4, -0.2) is 25.5 Å². The molecule has 35 heavy (non-hydrogen) atoms. The van der Waals surface area contributed by atoms with Gasteiger partial charge >= 0.3 is 0 Å². The molecule has 2 N–H and O–H groups in total. The predicted molar refractivity (Wildman–Crippen MR) is 135 cm³/mol. The van der Waals surface area contributed by atoms with Crippen LogP contribution >= 0.6 is 0 Å². The van der Waals surface area contributed by atoms with Gasteiger partial charge in [-0.1, -0.05) is 54.1 Å². The van der Waals surface area contributed by atoms with E-state index in [4.69, 9.17) is 9.47 Å². The number of aryl methyl sites for hydroxylation is 1. The molecule has 0 unspecified atom stereocenters. The van der Waals surface area contributed by atoms with Gasteiger partial charge in [0.2, 0.25) is 0 Å². The Morgan fingerprint density at radius 3 is 2.40 bits per heavy atom. The molecule has 0 saturated carbocycles. The highest BCUT2D eigenvalue weighted by Crippen LogP contribution is 2.29. The monoisotopic (exact) mass is 469 g/mol. The smallest absolute Gasteiger partial charge is 0.262 e. The highest BCUT2D eigenvalue weighted by molar-refractivity contribution is 6.02. The normalized spacial score (nSPS) is 11.7. The van der Waals surface area contributed by atoms with E-state index in [0.717, 1.165) is 11.1 Å². The van der Waals surface area contributed by atoms with E-state index in [9.17, 15) is 14.9 Å². The maximum Gasteiger partial charge on any atom is 0.262 e. The van der Waals surface area contributed by atoms with E-state index >= 15 is 0 Å². The largest absolute Gasteiger partial charge is 0.493 e. The Bertz CT molecular complexity index is 1250. The number of rotatable bonds is 9. The molecule has 0 saturated heterocycles. The van der Waals surface area contributed by atoms with E-state index in [1.54, 1.807) is 18.2 Å². The lowest BCUT2D eigenvalue weighted by atomic mass is 10.1. The SMILES string of the molecule is COc1cc(/C=C(/C#N)C(=O)N[C@H](C)c2ccccc2)ccc1OCC(=O)Nc1ccc(C)cc1. The first-order chi connectivity index (χ1) is 16.9. The summed E-state index contributed by atoms with van der Waals surface area (Å²) < 4.78 is 11.0. The van der Waals surface area contributed by atoms with Gasteiger partial charge in [0.15, 0.2) is 18.1 Å². The van der Waals surface area contributed by atoms with Gasteiger partial charge in [-0.05, 0) is 55.3 Å². The van der Waals surface area contributed by atoms with Crippen molar-refractivity contribution in [1.82, 2.24) is 5.32 Å². The van der Waals surface area contributed by atoms with Gasteiger partial charge in [-0.2, -0.15) is 5.26 Å². The molecular weight excluding hydrogens is 442 g/mol. The third-order valence-corrected chi connectivity index (χ3v) is 5.21. The number of nitriles is 1. The number of hydrogen-bond acceptors (Lipinski definition) is 5. The van der Waals surface area contributed by atoms with Crippen molar-refractivity contribution in [1.29, 1.82) is 5.26 Å². The molecule has 7 heteroatoms. The van der Waals surface area contributed by atoms with Gasteiger partial charge in [0.25, 0.3) is 11.8 Å². The zero-order valence-electron chi connectivity index (χ0n) is 19.9. The van der Waals surface area contributed by atoms with Crippen molar-refractivity contribution in [2.45, 2.75) is 19.9 Å². The molecule has 1 atom stereocenters. The molecule has 2 amide bonds. The maximum absolute atomic E-state index is 12.6. The van der Waals surface area contributed by atoms with E-state index in [0.29, 0.717) is 22.7 Å². The minimum Gasteiger partial charge on any atom is -0.493 e. The molecule has 178 valence electrons. The third kappa shape index (κ3) is 7.21. The fraction of sp³-hybridized carbons (Fsp3) is 0.179. The second kappa shape index (κ2) is 12.1. The summed E-state index contributed by atoms with van der Waals surface area (Å²) >= 11 is 0. The molecule has 0 aliphatic rings. The summed E-state index contributed by atoms with van der Waals surface area (Å²) in [4.78, 5) is 24.8. The second-order valence-electron chi connectivity index (χ2n) is 7.89. The molecule has 3 rings (SSSR count). The Morgan fingerprint density at radius 2 is 1.74 bits per heavy atom. The number of benzene rings is 3. The van der Waals surface area contributed by atoms with Crippen molar-refractivity contribution in [2.75, 3.05) is 19.0 Å². The Morgan fingerprint density at radius 1 is 1.03 bits per heavy atom. The molecule has 0 aliphatic heterocycles. The van der Waals surface area contributed by atoms with E-state index in [1.807, 2.05) is 74.5 Å². The Kier molecular flexibility index (Phi) is 8.63. The lowest BCUT2D eigenvalue weighted by molar-refractivity contribution is -0.118. The van der Waals surface area contributed by atoms with Crippen molar-refractivity contribution in [3.8, 4) is 17.6 Å². The quantitative estimate of drug-likeness (QED) is 0.346. The van der Waals surface area contributed by atoms with Crippen LogP contribution in [0.15, 0.2) is 78.4 Å². The zero-order valence-corrected chi connectivity index (χ0v) is 19.9. The standard InChI is InChI=1S/C28H27N3O4/c1-19-9-12-24(13-10-19)31-27(32)18-35-25-14-11-21(16-26(25)34-3)15-23(17-29)28(33)30-20(2)22-7-5-4-6-8-22/h4-16,20H,18H2,1-3H3,(H,30,33)(H,31,32)/b23-15-/t20-/m1/s1. The number of carbonyl (C=O) groups excluding carboxylic acids is 2. The fourth-order valence-electron chi connectivity index (χ4n) is 3.29. The van der Waals surface area contributed by atoms with Crippen molar-refractivity contribution in [3.63, 3.8) is 0 Å². The summed E-state index contributed by atoms with van der Waals surface area (Å²) in [6.07, 6.45) is 1.48. The maximum atomic E-state index is 12.6. The van der Waals surface area contributed by atoms with E-state index < -0.39 is 5.91 Å². The first-order valence-corrected chi connectivity index (χ1v) is 11.0. The van der Waals surface area contributed by atoms with Gasteiger partial charge < -0.3 is 20.1 Å². The zero-order chi connectivity index (χ0) is 25.2. The van der Waals surface area contributed by atoms with Gasteiger partial charge in [-0.25, -0.2) is 0 Å². The van der Waals surface area contributed by atoms with Gasteiger partial charge in [0.05, 0.1) is 13.2 Å². The molecule has 3 aromatic rings. The van der Waals surface area contributed by atoms with Crippen molar-refractivity contribution in [3.05, 3.63) is 95.1 Å². The van der Waals surface area contributed by atoms with Crippen molar-refractivity contribution in [2.24, 2.45) is 0 Å². The first-order valence-electron chi connectivity index (χ1n) is 11.0. The minimum atomic E-state index is -0.476. The highest BCUT2D eigenvalue weighted by atomic mass is 16.5. The van der Waals surface area contributed by atoms with Crippen LogP contribution < -0.4 is 20.1 Å². The molecule has 0 spiro atoms. The average Bonchev–Trinajstić information content (AvgIpc) is 2.88. The Labute approximate surface area is 205 Å². The van der Waals surface area contributed by atoms with Crippen LogP contribution in [0.1, 0.15) is 29.7 Å². The number of carbonyl (C=O) groups is 2. The summed E-state index contributed by atoms with van der Waals surface area (Å²) in [6, 6.07) is 23.6. The number of nitrogens with one attached hydrogen (secondary N) is 2. The highest BCUT2D eigenvalue weighted by Gasteiger charge is 2.15. The molecule has 0 aromatic heterocycles. The van der Waals surface area contributed by atoms with Crippen molar-refractivity contribution >= 4 is 23.6 Å². The lowest BCUT2D eigenvalue weighted by Crippen LogP contribution is -2.27. The fourth-order valence-corrected chi connectivity index (χ4v) is 3.29. The van der Waals surface area contributed by atoms with Crippen LogP contribution in [-0.2, 0) is 9.59 Å². The van der Waals surface area contributed by atoms with E-state index in [2.05, 4.69) is 10.6 Å². The van der Waals surface area contributed by atoms with E-state index in [-0.39, 0.29) is 24.1 Å². The number of hydrogen-bond donors (Lipinski definition) is 2. The number of amides is 2. The summed E-state index contributed by atoms with van der Waals surface area (Å²) in [7, 11) is 1.47.